The Morgan fingerprint density at radius 1 is 1.09 bits per heavy atom. The van der Waals surface area contributed by atoms with Crippen molar-refractivity contribution in [3.63, 3.8) is 0 Å². The molecule has 180 valence electrons. The molecule has 1 fully saturated rings. The van der Waals surface area contributed by atoms with Crippen LogP contribution in [0.5, 0.6) is 5.75 Å². The Labute approximate surface area is 201 Å². The molecule has 3 aromatic rings. The van der Waals surface area contributed by atoms with Crippen molar-refractivity contribution >= 4 is 11.6 Å². The molecule has 0 radical (unpaired) electrons. The number of hydrogen-bond acceptors (Lipinski definition) is 5. The Morgan fingerprint density at radius 2 is 1.83 bits per heavy atom. The van der Waals surface area contributed by atoms with E-state index in [1.807, 2.05) is 18.2 Å². The number of piperazine rings is 1. The van der Waals surface area contributed by atoms with Crippen molar-refractivity contribution in [2.45, 2.75) is 18.6 Å². The molecule has 0 aliphatic carbocycles. The smallest absolute Gasteiger partial charge is 0.417 e. The number of amides is 1. The summed E-state index contributed by atoms with van der Waals surface area (Å²) in [5, 5.41) is 9.09. The number of carbonyl (C=O) groups excluding carboxylic acids is 1. The fraction of sp³-hybridized carbons (Fsp3) is 0.269. The second kappa shape index (κ2) is 10.5. The molecule has 0 spiro atoms. The van der Waals surface area contributed by atoms with E-state index in [-0.39, 0.29) is 31.5 Å². The highest BCUT2D eigenvalue weighted by Gasteiger charge is 2.36. The number of nitriles is 1. The summed E-state index contributed by atoms with van der Waals surface area (Å²) in [6.45, 7) is 1.16. The van der Waals surface area contributed by atoms with Crippen molar-refractivity contribution < 1.29 is 22.7 Å². The maximum atomic E-state index is 13.5. The predicted octanol–water partition coefficient (Wildman–Crippen LogP) is 4.31. The van der Waals surface area contributed by atoms with Gasteiger partial charge in [0.05, 0.1) is 29.7 Å². The van der Waals surface area contributed by atoms with Gasteiger partial charge in [-0.2, -0.15) is 18.4 Å². The lowest BCUT2D eigenvalue weighted by molar-refractivity contribution is -0.137. The van der Waals surface area contributed by atoms with Crippen LogP contribution < -0.4 is 9.64 Å². The van der Waals surface area contributed by atoms with Crippen LogP contribution in [0, 0.1) is 11.3 Å². The van der Waals surface area contributed by atoms with E-state index in [1.54, 1.807) is 52.5 Å². The number of anilines is 1. The number of carbonyl (C=O) groups is 1. The van der Waals surface area contributed by atoms with Gasteiger partial charge in [-0.25, -0.2) is 0 Å². The van der Waals surface area contributed by atoms with E-state index in [0.29, 0.717) is 24.5 Å². The summed E-state index contributed by atoms with van der Waals surface area (Å²) < 4.78 is 46.4. The van der Waals surface area contributed by atoms with Gasteiger partial charge < -0.3 is 14.5 Å². The average Bonchev–Trinajstić information content (AvgIpc) is 2.87. The van der Waals surface area contributed by atoms with Crippen molar-refractivity contribution in [1.82, 2.24) is 9.88 Å². The highest BCUT2D eigenvalue weighted by atomic mass is 19.4. The first-order chi connectivity index (χ1) is 16.8. The van der Waals surface area contributed by atoms with Gasteiger partial charge in [-0.15, -0.1) is 0 Å². The number of para-hydroxylation sites is 1. The SMILES string of the molecule is N#Cc1ccc(N2CCN(C(=O)Cc3ccncc3)C(COc3ccccc3)C2)cc1C(F)(F)F. The minimum atomic E-state index is -4.64. The van der Waals surface area contributed by atoms with Gasteiger partial charge in [-0.05, 0) is 48.0 Å². The first-order valence-electron chi connectivity index (χ1n) is 11.1. The van der Waals surface area contributed by atoms with Crippen LogP contribution in [0.3, 0.4) is 0 Å². The van der Waals surface area contributed by atoms with E-state index in [9.17, 15) is 18.0 Å². The Morgan fingerprint density at radius 3 is 2.51 bits per heavy atom. The van der Waals surface area contributed by atoms with Gasteiger partial charge in [0.2, 0.25) is 5.91 Å². The van der Waals surface area contributed by atoms with Crippen LogP contribution in [0.4, 0.5) is 18.9 Å². The summed E-state index contributed by atoms with van der Waals surface area (Å²) in [6.07, 6.45) is -1.20. The summed E-state index contributed by atoms with van der Waals surface area (Å²) in [5.41, 5.74) is -0.207. The van der Waals surface area contributed by atoms with Gasteiger partial charge in [-0.1, -0.05) is 18.2 Å². The molecule has 0 saturated carbocycles. The monoisotopic (exact) mass is 480 g/mol. The average molecular weight is 480 g/mol. The molecule has 2 heterocycles. The third kappa shape index (κ3) is 5.90. The molecule has 2 aromatic carbocycles. The maximum Gasteiger partial charge on any atom is 0.417 e. The van der Waals surface area contributed by atoms with Gasteiger partial charge >= 0.3 is 6.18 Å². The van der Waals surface area contributed by atoms with Crippen LogP contribution >= 0.6 is 0 Å². The quantitative estimate of drug-likeness (QED) is 0.526. The third-order valence-electron chi connectivity index (χ3n) is 5.89. The highest BCUT2D eigenvalue weighted by Crippen LogP contribution is 2.35. The van der Waals surface area contributed by atoms with Crippen LogP contribution in [0.25, 0.3) is 0 Å². The fourth-order valence-electron chi connectivity index (χ4n) is 4.11. The zero-order valence-corrected chi connectivity index (χ0v) is 18.8. The van der Waals surface area contributed by atoms with E-state index in [4.69, 9.17) is 10.00 Å². The van der Waals surface area contributed by atoms with Crippen LogP contribution in [-0.2, 0) is 17.4 Å². The van der Waals surface area contributed by atoms with Crippen LogP contribution in [0.15, 0.2) is 73.1 Å². The second-order valence-electron chi connectivity index (χ2n) is 8.18. The summed E-state index contributed by atoms with van der Waals surface area (Å²) in [5.74, 6) is 0.553. The predicted molar refractivity (Wildman–Crippen MR) is 124 cm³/mol. The van der Waals surface area contributed by atoms with E-state index < -0.39 is 17.3 Å². The normalized spacial score (nSPS) is 16.0. The molecule has 1 saturated heterocycles. The Kier molecular flexibility index (Phi) is 7.20. The minimum absolute atomic E-state index is 0.0895. The molecular formula is C26H23F3N4O2. The number of benzene rings is 2. The Balaban J connectivity index is 1.56. The molecule has 1 unspecified atom stereocenters. The number of nitrogens with zero attached hydrogens (tertiary/aromatic N) is 4. The zero-order valence-electron chi connectivity index (χ0n) is 18.8. The van der Waals surface area contributed by atoms with Crippen molar-refractivity contribution in [2.24, 2.45) is 0 Å². The van der Waals surface area contributed by atoms with Gasteiger partial charge in [0.25, 0.3) is 0 Å². The molecular weight excluding hydrogens is 457 g/mol. The lowest BCUT2D eigenvalue weighted by Crippen LogP contribution is -2.57. The van der Waals surface area contributed by atoms with Crippen LogP contribution in [0.1, 0.15) is 16.7 Å². The van der Waals surface area contributed by atoms with Crippen molar-refractivity contribution in [3.8, 4) is 11.8 Å². The molecule has 0 bridgehead atoms. The number of pyridine rings is 1. The number of aromatic nitrogens is 1. The molecule has 4 rings (SSSR count). The molecule has 0 N–H and O–H groups in total. The number of ether oxygens (including phenoxy) is 1. The first kappa shape index (κ1) is 24.1. The number of halogens is 3. The Hall–Kier alpha value is -4.06. The van der Waals surface area contributed by atoms with Gasteiger partial charge in [-0.3, -0.25) is 9.78 Å². The molecule has 1 aliphatic heterocycles. The van der Waals surface area contributed by atoms with E-state index in [2.05, 4.69) is 4.98 Å². The standard InChI is InChI=1S/C26H23F3N4O2/c27-26(28,29)24-15-21(7-6-20(24)16-30)32-12-13-33(25(34)14-19-8-10-31-11-9-19)22(17-32)18-35-23-4-2-1-3-5-23/h1-11,15,22H,12-14,17-18H2. The third-order valence-corrected chi connectivity index (χ3v) is 5.89. The molecule has 9 heteroatoms. The topological polar surface area (TPSA) is 69.5 Å². The largest absolute Gasteiger partial charge is 0.491 e. The summed E-state index contributed by atoms with van der Waals surface area (Å²) in [6, 6.07) is 17.6. The zero-order chi connectivity index (χ0) is 24.8. The van der Waals surface area contributed by atoms with Crippen LogP contribution in [-0.4, -0.2) is 48.1 Å². The molecule has 1 aliphatic rings. The highest BCUT2D eigenvalue weighted by molar-refractivity contribution is 5.79. The Bertz CT molecular complexity index is 1200. The van der Waals surface area contributed by atoms with Gasteiger partial charge in [0.1, 0.15) is 12.4 Å². The first-order valence-corrected chi connectivity index (χ1v) is 11.1. The molecule has 1 atom stereocenters. The van der Waals surface area contributed by atoms with Crippen molar-refractivity contribution in [3.05, 3.63) is 89.7 Å². The van der Waals surface area contributed by atoms with E-state index in [0.717, 1.165) is 11.6 Å². The lowest BCUT2D eigenvalue weighted by atomic mass is 10.0. The molecule has 35 heavy (non-hydrogen) atoms. The van der Waals surface area contributed by atoms with Crippen molar-refractivity contribution in [1.29, 1.82) is 5.26 Å². The summed E-state index contributed by atoms with van der Waals surface area (Å²) in [4.78, 5) is 20.6. The van der Waals surface area contributed by atoms with Crippen molar-refractivity contribution in [2.75, 3.05) is 31.1 Å². The fourth-order valence-corrected chi connectivity index (χ4v) is 4.11. The van der Waals surface area contributed by atoms with Gasteiger partial charge in [0.15, 0.2) is 0 Å². The number of rotatable bonds is 6. The number of alkyl halides is 3. The van der Waals surface area contributed by atoms with Gasteiger partial charge in [0, 0.05) is 37.7 Å². The van der Waals surface area contributed by atoms with Crippen LogP contribution in [0.2, 0.25) is 0 Å². The second-order valence-corrected chi connectivity index (χ2v) is 8.18. The molecule has 1 aromatic heterocycles. The minimum Gasteiger partial charge on any atom is -0.491 e. The van der Waals surface area contributed by atoms with E-state index in [1.165, 1.54) is 12.1 Å². The molecule has 1 amide bonds. The maximum absolute atomic E-state index is 13.5. The number of hydrogen-bond donors (Lipinski definition) is 0. The molecule has 6 nitrogen and oxygen atoms in total. The lowest BCUT2D eigenvalue weighted by Gasteiger charge is -2.42. The van der Waals surface area contributed by atoms with E-state index >= 15 is 0 Å². The summed E-state index contributed by atoms with van der Waals surface area (Å²) in [7, 11) is 0. The summed E-state index contributed by atoms with van der Waals surface area (Å²) >= 11 is 0.